The van der Waals surface area contributed by atoms with Crippen molar-refractivity contribution in [1.29, 1.82) is 0 Å². The molecule has 0 saturated carbocycles. The molecule has 26 heavy (non-hydrogen) atoms. The molecule has 0 aliphatic rings. The maximum absolute atomic E-state index is 12.7. The predicted molar refractivity (Wildman–Crippen MR) is 106 cm³/mol. The summed E-state index contributed by atoms with van der Waals surface area (Å²) in [5, 5.41) is 5.06. The van der Waals surface area contributed by atoms with Gasteiger partial charge >= 0.3 is 0 Å². The fourth-order valence-electron chi connectivity index (χ4n) is 3.44. The van der Waals surface area contributed by atoms with Crippen molar-refractivity contribution in [1.82, 2.24) is 9.40 Å². The Morgan fingerprint density at radius 3 is 2.42 bits per heavy atom. The molecule has 0 radical (unpaired) electrons. The summed E-state index contributed by atoms with van der Waals surface area (Å²) in [5.41, 5.74) is 4.45. The molecule has 0 atom stereocenters. The van der Waals surface area contributed by atoms with E-state index in [0.717, 1.165) is 28.6 Å². The van der Waals surface area contributed by atoms with Crippen molar-refractivity contribution in [3.05, 3.63) is 64.8 Å². The van der Waals surface area contributed by atoms with Gasteiger partial charge in [0.05, 0.1) is 11.1 Å². The number of para-hydroxylation sites is 1. The van der Waals surface area contributed by atoms with Crippen LogP contribution < -0.4 is 4.83 Å². The van der Waals surface area contributed by atoms with E-state index in [2.05, 4.69) is 21.4 Å². The third-order valence-corrected chi connectivity index (χ3v) is 5.94. The molecule has 0 bridgehead atoms. The molecule has 1 heterocycles. The smallest absolute Gasteiger partial charge is 0.277 e. The summed E-state index contributed by atoms with van der Waals surface area (Å²) < 4.78 is 27.5. The van der Waals surface area contributed by atoms with Crippen LogP contribution in [0.3, 0.4) is 0 Å². The zero-order valence-electron chi connectivity index (χ0n) is 15.4. The largest absolute Gasteiger partial charge is 0.347 e. The minimum atomic E-state index is -3.72. The topological polar surface area (TPSA) is 63.5 Å². The Labute approximate surface area is 154 Å². The van der Waals surface area contributed by atoms with Crippen molar-refractivity contribution >= 4 is 27.1 Å². The van der Waals surface area contributed by atoms with Crippen LogP contribution in [-0.4, -0.2) is 19.2 Å². The summed E-state index contributed by atoms with van der Waals surface area (Å²) >= 11 is 0. The molecule has 0 saturated heterocycles. The van der Waals surface area contributed by atoms with Crippen molar-refractivity contribution in [3.63, 3.8) is 0 Å². The fourth-order valence-corrected chi connectivity index (χ4v) is 4.69. The van der Waals surface area contributed by atoms with Gasteiger partial charge in [0.2, 0.25) is 0 Å². The van der Waals surface area contributed by atoms with Gasteiger partial charge in [0.1, 0.15) is 0 Å². The highest BCUT2D eigenvalue weighted by molar-refractivity contribution is 7.89. The van der Waals surface area contributed by atoms with Crippen LogP contribution in [0.5, 0.6) is 0 Å². The van der Waals surface area contributed by atoms with Gasteiger partial charge in [-0.3, -0.25) is 0 Å². The number of sulfonamides is 1. The lowest BCUT2D eigenvalue weighted by atomic mass is 10.1. The number of hydrogen-bond acceptors (Lipinski definition) is 3. The van der Waals surface area contributed by atoms with E-state index in [4.69, 9.17) is 0 Å². The third kappa shape index (κ3) is 3.37. The van der Waals surface area contributed by atoms with Crippen LogP contribution in [0.1, 0.15) is 29.2 Å². The van der Waals surface area contributed by atoms with E-state index in [1.165, 1.54) is 0 Å². The Morgan fingerprint density at radius 1 is 1.12 bits per heavy atom. The van der Waals surface area contributed by atoms with Crippen molar-refractivity contribution in [2.75, 3.05) is 0 Å². The van der Waals surface area contributed by atoms with Gasteiger partial charge in [-0.05, 0) is 44.9 Å². The van der Waals surface area contributed by atoms with Crippen LogP contribution in [0.15, 0.2) is 52.6 Å². The second-order valence-corrected chi connectivity index (χ2v) is 8.07. The van der Waals surface area contributed by atoms with Crippen LogP contribution >= 0.6 is 0 Å². The monoisotopic (exact) mass is 369 g/mol. The second-order valence-electron chi connectivity index (χ2n) is 6.47. The van der Waals surface area contributed by atoms with Crippen LogP contribution in [0.4, 0.5) is 0 Å². The number of hydrazone groups is 1. The number of hydrogen-bond donors (Lipinski definition) is 1. The van der Waals surface area contributed by atoms with Crippen molar-refractivity contribution in [2.24, 2.45) is 5.10 Å². The number of nitrogens with one attached hydrogen (secondary N) is 1. The Bertz CT molecular complexity index is 1070. The molecule has 0 aliphatic heterocycles. The first-order valence-corrected chi connectivity index (χ1v) is 10.0. The zero-order valence-corrected chi connectivity index (χ0v) is 16.3. The van der Waals surface area contributed by atoms with E-state index in [1.54, 1.807) is 20.1 Å². The summed E-state index contributed by atoms with van der Waals surface area (Å²) in [6.45, 7) is 8.45. The molecule has 0 unspecified atom stereocenters. The molecule has 5 nitrogen and oxygen atoms in total. The van der Waals surface area contributed by atoms with Crippen LogP contribution in [0.2, 0.25) is 0 Å². The molecule has 3 aromatic rings. The summed E-state index contributed by atoms with van der Waals surface area (Å²) in [6.07, 6.45) is 3.54. The van der Waals surface area contributed by atoms with Gasteiger partial charge in [-0.15, -0.1) is 0 Å². The van der Waals surface area contributed by atoms with E-state index in [9.17, 15) is 8.42 Å². The summed E-state index contributed by atoms with van der Waals surface area (Å²) in [4.78, 5) is 2.64. The lowest BCUT2D eigenvalue weighted by Gasteiger charge is -2.11. The molecule has 0 fully saturated rings. The van der Waals surface area contributed by atoms with Gasteiger partial charge in [0.15, 0.2) is 0 Å². The molecule has 2 aromatic carbocycles. The Balaban J connectivity index is 1.92. The van der Waals surface area contributed by atoms with Gasteiger partial charge < -0.3 is 4.57 Å². The van der Waals surface area contributed by atoms with Gasteiger partial charge in [-0.25, -0.2) is 4.83 Å². The molecule has 3 rings (SSSR count). The lowest BCUT2D eigenvalue weighted by Crippen LogP contribution is -2.20. The molecule has 1 aromatic heterocycles. The average Bonchev–Trinajstić information content (AvgIpc) is 2.91. The van der Waals surface area contributed by atoms with Crippen molar-refractivity contribution < 1.29 is 8.42 Å². The van der Waals surface area contributed by atoms with Crippen molar-refractivity contribution in [3.8, 4) is 0 Å². The van der Waals surface area contributed by atoms with Gasteiger partial charge in [-0.2, -0.15) is 13.5 Å². The Hall–Kier alpha value is -2.60. The normalized spacial score (nSPS) is 12.2. The number of aromatic nitrogens is 1. The lowest BCUT2D eigenvalue weighted by molar-refractivity contribution is 0.583. The van der Waals surface area contributed by atoms with Gasteiger partial charge in [0.25, 0.3) is 10.0 Å². The first-order chi connectivity index (χ1) is 12.3. The van der Waals surface area contributed by atoms with Crippen molar-refractivity contribution in [2.45, 2.75) is 39.1 Å². The summed E-state index contributed by atoms with van der Waals surface area (Å²) in [6, 6.07) is 11.7. The molecule has 0 aliphatic carbocycles. The quantitative estimate of drug-likeness (QED) is 0.548. The molecule has 1 N–H and O–H groups in total. The standard InChI is InChI=1S/C20H23N3O2S/c1-5-23-13-17(18-8-6-7-9-19(18)23)12-21-22-26(24,25)20-15(3)10-14(2)11-16(20)4/h6-13,22H,5H2,1-4H3/b21-12+. The highest BCUT2D eigenvalue weighted by Crippen LogP contribution is 2.22. The number of fused-ring (bicyclic) bond motifs is 1. The number of aryl methyl sites for hydroxylation is 4. The number of rotatable bonds is 5. The predicted octanol–water partition coefficient (Wildman–Crippen LogP) is 3.90. The summed E-state index contributed by atoms with van der Waals surface area (Å²) in [7, 11) is -3.72. The summed E-state index contributed by atoms with van der Waals surface area (Å²) in [5.74, 6) is 0. The first kappa shape index (κ1) is 18.2. The third-order valence-electron chi connectivity index (χ3n) is 4.41. The maximum Gasteiger partial charge on any atom is 0.277 e. The molecule has 0 spiro atoms. The highest BCUT2D eigenvalue weighted by Gasteiger charge is 2.19. The van der Waals surface area contributed by atoms with Gasteiger partial charge in [0, 0.05) is 29.2 Å². The number of nitrogens with zero attached hydrogens (tertiary/aromatic N) is 2. The van der Waals surface area contributed by atoms with E-state index < -0.39 is 10.0 Å². The van der Waals surface area contributed by atoms with Crippen LogP contribution in [-0.2, 0) is 16.6 Å². The Kier molecular flexibility index (Phi) is 4.87. The molecular formula is C20H23N3O2S. The van der Waals surface area contributed by atoms with Gasteiger partial charge in [-0.1, -0.05) is 35.9 Å². The van der Waals surface area contributed by atoms with E-state index >= 15 is 0 Å². The minimum absolute atomic E-state index is 0.288. The van der Waals surface area contributed by atoms with Crippen LogP contribution in [0, 0.1) is 20.8 Å². The van der Waals surface area contributed by atoms with E-state index in [-0.39, 0.29) is 4.90 Å². The van der Waals surface area contributed by atoms with E-state index in [0.29, 0.717) is 11.1 Å². The Morgan fingerprint density at radius 2 is 1.77 bits per heavy atom. The molecule has 6 heteroatoms. The van der Waals surface area contributed by atoms with E-state index in [1.807, 2.05) is 49.5 Å². The van der Waals surface area contributed by atoms with Crippen LogP contribution in [0.25, 0.3) is 10.9 Å². The molecule has 0 amide bonds. The zero-order chi connectivity index (χ0) is 18.9. The maximum atomic E-state index is 12.7. The fraction of sp³-hybridized carbons (Fsp3) is 0.250. The SMILES string of the molecule is CCn1cc(/C=N/NS(=O)(=O)c2c(C)cc(C)cc2C)c2ccccc21. The highest BCUT2D eigenvalue weighted by atomic mass is 32.2. The first-order valence-electron chi connectivity index (χ1n) is 8.54. The average molecular weight is 369 g/mol. The molecule has 136 valence electrons. The number of benzene rings is 2. The second kappa shape index (κ2) is 6.96. The molecular weight excluding hydrogens is 346 g/mol. The minimum Gasteiger partial charge on any atom is -0.347 e.